The lowest BCUT2D eigenvalue weighted by molar-refractivity contribution is -0.266. The van der Waals surface area contributed by atoms with Crippen LogP contribution in [0.1, 0.15) is 132 Å². The first kappa shape index (κ1) is 65.6. The molecule has 6 rings (SSSR count). The van der Waals surface area contributed by atoms with E-state index in [4.69, 9.17) is 42.6 Å². The molecule has 452 valence electrons. The van der Waals surface area contributed by atoms with E-state index in [1.54, 1.807) is 34.0 Å². The number of Topliss-reactive ketones (excluding diaryl/α,β-unsaturated/α-hetero) is 3. The van der Waals surface area contributed by atoms with E-state index >= 15 is 0 Å². The standard InChI is InChI=1S/C62H98N2O16/c1-40-16-11-10-12-17-41(2)53(78-39-49-38-75-30-31-76-49)36-48-21-19-46(7)62(71,80-48)59(68)60(69)64-24-14-13-18-50(64)61(70)79-54(37-51(65)42(3)33-45(6)57(67)58(73-9)56(66)44(5)32-40)43(4)34-47-20-22-52(55(35-47)72-8)77-27-15-23-63-25-28-74-29-26-63/h10-12,16-17,33,40,42-44,46-50,52-55,57-58,67,71H,13-15,18-32,34-39H2,1-9H3/b12-10+,16-11+,41-17+,45-33+/t40-,42-,43-,44-,46-,47+,48+,49?,50+,52-,53?,54+,55-,57-,58+,62-/m1/s1. The fraction of sp³-hybridized carbons (Fsp3) is 0.790. The summed E-state index contributed by atoms with van der Waals surface area (Å²) in [5, 5.41) is 23.9. The molecule has 1 saturated carbocycles. The van der Waals surface area contributed by atoms with Crippen LogP contribution in [0.2, 0.25) is 0 Å². The number of morpholine rings is 1. The summed E-state index contributed by atoms with van der Waals surface area (Å²) in [6, 6.07) is -1.16. The summed E-state index contributed by atoms with van der Waals surface area (Å²) in [7, 11) is 3.10. The fourth-order valence-electron chi connectivity index (χ4n) is 12.4. The van der Waals surface area contributed by atoms with Gasteiger partial charge in [0.1, 0.15) is 36.2 Å². The first-order chi connectivity index (χ1) is 38.3. The highest BCUT2D eigenvalue weighted by atomic mass is 16.6. The molecule has 0 aromatic carbocycles. The lowest BCUT2D eigenvalue weighted by Crippen LogP contribution is -2.61. The summed E-state index contributed by atoms with van der Waals surface area (Å²) in [4.78, 5) is 75.8. The van der Waals surface area contributed by atoms with Crippen LogP contribution < -0.4 is 0 Å². The van der Waals surface area contributed by atoms with Gasteiger partial charge in [-0.2, -0.15) is 0 Å². The summed E-state index contributed by atoms with van der Waals surface area (Å²) in [5.41, 5.74) is 1.25. The van der Waals surface area contributed by atoms with Crippen molar-refractivity contribution in [2.24, 2.45) is 35.5 Å². The van der Waals surface area contributed by atoms with Gasteiger partial charge in [-0.3, -0.25) is 24.1 Å². The first-order valence-electron chi connectivity index (χ1n) is 30.0. The summed E-state index contributed by atoms with van der Waals surface area (Å²) >= 11 is 0. The van der Waals surface area contributed by atoms with Gasteiger partial charge in [-0.1, -0.05) is 71.1 Å². The third-order valence-electron chi connectivity index (χ3n) is 17.6. The molecule has 4 saturated heterocycles. The normalized spacial score (nSPS) is 38.5. The number of allylic oxidation sites excluding steroid dienone is 6. The molecular weight excluding hydrogens is 1030 g/mol. The maximum atomic E-state index is 14.7. The minimum absolute atomic E-state index is 0.00634. The molecule has 6 aliphatic rings. The Morgan fingerprint density at radius 2 is 1.59 bits per heavy atom. The predicted molar refractivity (Wildman–Crippen MR) is 300 cm³/mol. The second-order valence-electron chi connectivity index (χ2n) is 23.9. The van der Waals surface area contributed by atoms with E-state index in [0.717, 1.165) is 64.1 Å². The topological polar surface area (TPSA) is 215 Å². The van der Waals surface area contributed by atoms with E-state index in [1.807, 2.05) is 58.1 Å². The average molecular weight is 1130 g/mol. The van der Waals surface area contributed by atoms with Crippen LogP contribution in [0.5, 0.6) is 0 Å². The Labute approximate surface area is 476 Å². The number of hydrogen-bond acceptors (Lipinski definition) is 17. The second-order valence-corrected chi connectivity index (χ2v) is 23.9. The Balaban J connectivity index is 1.25. The van der Waals surface area contributed by atoms with Crippen LogP contribution >= 0.6 is 0 Å². The van der Waals surface area contributed by atoms with Crippen molar-refractivity contribution in [1.82, 2.24) is 9.80 Å². The average Bonchev–Trinajstić information content (AvgIpc) is 3.50. The van der Waals surface area contributed by atoms with Gasteiger partial charge in [-0.05, 0) is 113 Å². The molecule has 18 heteroatoms. The zero-order chi connectivity index (χ0) is 57.9. The zero-order valence-corrected chi connectivity index (χ0v) is 49.6. The number of aliphatic hydroxyl groups is 2. The van der Waals surface area contributed by atoms with Gasteiger partial charge < -0.3 is 57.7 Å². The summed E-state index contributed by atoms with van der Waals surface area (Å²) in [6.07, 6.45) is 12.8. The fourth-order valence-corrected chi connectivity index (χ4v) is 12.4. The number of amides is 1. The SMILES string of the molecule is CO[C@@H]1C[C@H](C[C@@H](C)[C@@H]2CC(=O)[C@H](C)/C=C(\C)[C@@H](O)[C@@H](OC)C(=O)[C@H](C)C[C@H](C)/C=C/C=C/C=C(\C)C(OCC3COCCO3)C[C@@H]3CC[C@@H](C)[C@@](O)(O3)C(=O)C(=O)N3CCCC[C@H]3C(=O)O2)CC[C@H]1OCCCN1CCOCC1. The molecule has 0 aromatic heterocycles. The smallest absolute Gasteiger partial charge is 0.329 e. The van der Waals surface area contributed by atoms with E-state index in [-0.39, 0.29) is 80.0 Å². The van der Waals surface area contributed by atoms with Gasteiger partial charge in [0, 0.05) is 77.6 Å². The van der Waals surface area contributed by atoms with Crippen LogP contribution in [-0.2, 0) is 66.6 Å². The molecule has 2 bridgehead atoms. The highest BCUT2D eigenvalue weighted by molar-refractivity contribution is 6.39. The quantitative estimate of drug-likeness (QED) is 0.0848. The first-order valence-corrected chi connectivity index (χ1v) is 30.0. The largest absolute Gasteiger partial charge is 0.460 e. The summed E-state index contributed by atoms with van der Waals surface area (Å²) in [5.74, 6) is -8.01. The minimum Gasteiger partial charge on any atom is -0.460 e. The van der Waals surface area contributed by atoms with Crippen LogP contribution in [0.25, 0.3) is 0 Å². The molecule has 5 heterocycles. The monoisotopic (exact) mass is 1130 g/mol. The van der Waals surface area contributed by atoms with Crippen LogP contribution in [0.4, 0.5) is 0 Å². The van der Waals surface area contributed by atoms with Gasteiger partial charge in [-0.25, -0.2) is 4.79 Å². The number of carbonyl (C=O) groups excluding carboxylic acids is 5. The molecule has 2 N–H and O–H groups in total. The van der Waals surface area contributed by atoms with E-state index in [1.165, 1.54) is 12.0 Å². The Morgan fingerprint density at radius 3 is 2.31 bits per heavy atom. The van der Waals surface area contributed by atoms with Crippen LogP contribution in [-0.4, -0.2) is 197 Å². The van der Waals surface area contributed by atoms with Gasteiger partial charge in [0.05, 0.1) is 64.1 Å². The van der Waals surface area contributed by atoms with E-state index in [2.05, 4.69) is 4.90 Å². The van der Waals surface area contributed by atoms with Crippen molar-refractivity contribution in [1.29, 1.82) is 0 Å². The predicted octanol–water partition coefficient (Wildman–Crippen LogP) is 6.71. The van der Waals surface area contributed by atoms with Crippen molar-refractivity contribution in [3.63, 3.8) is 0 Å². The third kappa shape index (κ3) is 18.7. The number of fused-ring (bicyclic) bond motifs is 3. The molecule has 1 aliphatic carbocycles. The zero-order valence-electron chi connectivity index (χ0n) is 49.6. The van der Waals surface area contributed by atoms with E-state index in [9.17, 15) is 34.2 Å². The Hall–Kier alpha value is -3.53. The number of esters is 1. The van der Waals surface area contributed by atoms with Crippen molar-refractivity contribution in [3.05, 3.63) is 47.6 Å². The number of rotatable bonds is 13. The van der Waals surface area contributed by atoms with Crippen molar-refractivity contribution < 1.29 is 76.8 Å². The molecule has 1 amide bonds. The Kier molecular flexibility index (Phi) is 26.7. The lowest BCUT2D eigenvalue weighted by atomic mass is 9.78. The van der Waals surface area contributed by atoms with Crippen molar-refractivity contribution in [2.45, 2.75) is 193 Å². The number of hydrogen-bond donors (Lipinski definition) is 2. The number of ketones is 3. The molecule has 18 nitrogen and oxygen atoms in total. The molecule has 5 fully saturated rings. The van der Waals surface area contributed by atoms with Gasteiger partial charge in [0.2, 0.25) is 5.79 Å². The number of ether oxygens (including phenoxy) is 9. The third-order valence-corrected chi connectivity index (χ3v) is 17.6. The molecule has 16 atom stereocenters. The molecule has 0 radical (unpaired) electrons. The molecule has 5 aliphatic heterocycles. The summed E-state index contributed by atoms with van der Waals surface area (Å²) in [6.45, 7) is 19.4. The van der Waals surface area contributed by atoms with E-state index in [0.29, 0.717) is 70.5 Å². The van der Waals surface area contributed by atoms with Gasteiger partial charge in [0.25, 0.3) is 11.7 Å². The van der Waals surface area contributed by atoms with Crippen LogP contribution in [0.15, 0.2) is 47.6 Å². The highest BCUT2D eigenvalue weighted by Gasteiger charge is 2.53. The van der Waals surface area contributed by atoms with Gasteiger partial charge in [-0.15, -0.1) is 0 Å². The number of nitrogens with zero attached hydrogens (tertiary/aromatic N) is 2. The number of aliphatic hydroxyl groups excluding tert-OH is 1. The Bertz CT molecular complexity index is 2120. The van der Waals surface area contributed by atoms with Crippen LogP contribution in [0, 0.1) is 35.5 Å². The second kappa shape index (κ2) is 32.5. The summed E-state index contributed by atoms with van der Waals surface area (Å²) < 4.78 is 54.3. The van der Waals surface area contributed by atoms with Crippen molar-refractivity contribution >= 4 is 29.2 Å². The number of piperidine rings is 1. The molecule has 0 spiro atoms. The maximum absolute atomic E-state index is 14.7. The molecular formula is C62H98N2O16. The lowest BCUT2D eigenvalue weighted by Gasteiger charge is -2.43. The van der Waals surface area contributed by atoms with Gasteiger partial charge in [0.15, 0.2) is 5.78 Å². The van der Waals surface area contributed by atoms with E-state index < -0.39 is 77.8 Å². The molecule has 0 aromatic rings. The Morgan fingerprint density at radius 1 is 0.812 bits per heavy atom. The number of cyclic esters (lactones) is 1. The molecule has 80 heavy (non-hydrogen) atoms. The molecule has 2 unspecified atom stereocenters. The number of carbonyl (C=O) groups is 5. The number of methoxy groups -OCH3 is 2. The minimum atomic E-state index is -2.48. The van der Waals surface area contributed by atoms with Crippen molar-refractivity contribution in [2.75, 3.05) is 86.6 Å². The van der Waals surface area contributed by atoms with Gasteiger partial charge >= 0.3 is 5.97 Å². The van der Waals surface area contributed by atoms with Crippen molar-refractivity contribution in [3.8, 4) is 0 Å². The van der Waals surface area contributed by atoms with Crippen LogP contribution in [0.3, 0.4) is 0 Å². The highest BCUT2D eigenvalue weighted by Crippen LogP contribution is 2.38. The maximum Gasteiger partial charge on any atom is 0.329 e.